The molecule has 5 heteroatoms. The summed E-state index contributed by atoms with van der Waals surface area (Å²) in [5.41, 5.74) is 0.953. The summed E-state index contributed by atoms with van der Waals surface area (Å²) >= 11 is 0. The van der Waals surface area contributed by atoms with E-state index in [2.05, 4.69) is 5.16 Å². The molecule has 0 amide bonds. The topological polar surface area (TPSA) is 21.6 Å². The molecule has 2 nitrogen and oxygen atoms in total. The van der Waals surface area contributed by atoms with Gasteiger partial charge in [-0.15, -0.1) is 0 Å². The summed E-state index contributed by atoms with van der Waals surface area (Å²) in [5, 5.41) is 3.65. The Balaban J connectivity index is 1.95. The van der Waals surface area contributed by atoms with E-state index in [9.17, 15) is 13.2 Å². The van der Waals surface area contributed by atoms with Crippen LogP contribution in [0, 0.1) is 5.82 Å². The van der Waals surface area contributed by atoms with Gasteiger partial charge in [0.25, 0.3) is 6.43 Å². The first-order valence-corrected chi connectivity index (χ1v) is 5.93. The van der Waals surface area contributed by atoms with Crippen molar-refractivity contribution in [3.05, 3.63) is 71.0 Å². The fourth-order valence-corrected chi connectivity index (χ4v) is 1.61. The van der Waals surface area contributed by atoms with E-state index in [1.54, 1.807) is 18.2 Å². The highest BCUT2D eigenvalue weighted by atomic mass is 19.3. The molecule has 0 aromatic heterocycles. The van der Waals surface area contributed by atoms with E-state index in [0.717, 1.165) is 5.56 Å². The van der Waals surface area contributed by atoms with Crippen molar-refractivity contribution in [2.24, 2.45) is 5.16 Å². The Morgan fingerprint density at radius 2 is 1.75 bits per heavy atom. The Morgan fingerprint density at radius 1 is 1.05 bits per heavy atom. The van der Waals surface area contributed by atoms with Gasteiger partial charge in [0.2, 0.25) is 0 Å². The van der Waals surface area contributed by atoms with Crippen LogP contribution >= 0.6 is 0 Å². The molecule has 0 aliphatic carbocycles. The Hall–Kier alpha value is -2.30. The van der Waals surface area contributed by atoms with E-state index in [4.69, 9.17) is 4.84 Å². The van der Waals surface area contributed by atoms with Crippen LogP contribution in [0.4, 0.5) is 13.2 Å². The number of benzene rings is 2. The van der Waals surface area contributed by atoms with Crippen LogP contribution in [0.15, 0.2) is 53.7 Å². The van der Waals surface area contributed by atoms with Gasteiger partial charge in [-0.3, -0.25) is 0 Å². The van der Waals surface area contributed by atoms with E-state index in [0.29, 0.717) is 5.56 Å². The van der Waals surface area contributed by atoms with Crippen LogP contribution in [-0.2, 0) is 11.4 Å². The Morgan fingerprint density at radius 3 is 2.45 bits per heavy atom. The van der Waals surface area contributed by atoms with Gasteiger partial charge in [0, 0.05) is 11.1 Å². The van der Waals surface area contributed by atoms with Crippen LogP contribution in [0.25, 0.3) is 0 Å². The molecule has 20 heavy (non-hydrogen) atoms. The normalized spacial score (nSPS) is 11.2. The summed E-state index contributed by atoms with van der Waals surface area (Å²) in [5.74, 6) is -0.330. The minimum atomic E-state index is -2.56. The van der Waals surface area contributed by atoms with E-state index in [-0.39, 0.29) is 18.0 Å². The first-order chi connectivity index (χ1) is 9.66. The second-order valence-corrected chi connectivity index (χ2v) is 4.06. The minimum absolute atomic E-state index is 0.0957. The summed E-state index contributed by atoms with van der Waals surface area (Å²) in [6.07, 6.45) is -1.32. The van der Waals surface area contributed by atoms with Gasteiger partial charge in [0.1, 0.15) is 12.4 Å². The molecular weight excluding hydrogens is 267 g/mol. The molecule has 0 N–H and O–H groups in total. The smallest absolute Gasteiger partial charge is 0.264 e. The van der Waals surface area contributed by atoms with Crippen molar-refractivity contribution in [2.75, 3.05) is 0 Å². The van der Waals surface area contributed by atoms with Crippen LogP contribution in [0.1, 0.15) is 23.1 Å². The first-order valence-electron chi connectivity index (χ1n) is 5.93. The zero-order valence-electron chi connectivity index (χ0n) is 10.5. The maximum atomic E-state index is 12.7. The molecule has 0 radical (unpaired) electrons. The zero-order chi connectivity index (χ0) is 14.4. The van der Waals surface area contributed by atoms with E-state index >= 15 is 0 Å². The van der Waals surface area contributed by atoms with E-state index in [1.807, 2.05) is 0 Å². The van der Waals surface area contributed by atoms with Gasteiger partial charge in [0.05, 0.1) is 6.21 Å². The van der Waals surface area contributed by atoms with Crippen LogP contribution in [-0.4, -0.2) is 6.21 Å². The SMILES string of the molecule is Fc1ccc(CON=Cc2ccccc2C(F)F)cc1. The van der Waals surface area contributed by atoms with Crippen LogP contribution < -0.4 is 0 Å². The highest BCUT2D eigenvalue weighted by Crippen LogP contribution is 2.21. The maximum Gasteiger partial charge on any atom is 0.264 e. The highest BCUT2D eigenvalue weighted by molar-refractivity contribution is 5.81. The summed E-state index contributed by atoms with van der Waals surface area (Å²) in [6.45, 7) is 0.146. The van der Waals surface area contributed by atoms with Crippen molar-refractivity contribution in [3.63, 3.8) is 0 Å². The molecule has 0 saturated heterocycles. The van der Waals surface area contributed by atoms with E-state index in [1.165, 1.54) is 36.5 Å². The van der Waals surface area contributed by atoms with Gasteiger partial charge in [-0.25, -0.2) is 13.2 Å². The molecule has 0 spiro atoms. The predicted octanol–water partition coefficient (Wildman–Crippen LogP) is 4.31. The molecule has 0 saturated carbocycles. The average Bonchev–Trinajstić information content (AvgIpc) is 2.46. The van der Waals surface area contributed by atoms with Crippen molar-refractivity contribution >= 4 is 6.21 Å². The summed E-state index contributed by atoms with van der Waals surface area (Å²) in [7, 11) is 0. The lowest BCUT2D eigenvalue weighted by molar-refractivity contribution is 0.131. The van der Waals surface area contributed by atoms with Crippen molar-refractivity contribution < 1.29 is 18.0 Å². The van der Waals surface area contributed by atoms with Gasteiger partial charge in [-0.05, 0) is 17.7 Å². The van der Waals surface area contributed by atoms with Gasteiger partial charge in [-0.1, -0.05) is 41.6 Å². The number of alkyl halides is 2. The van der Waals surface area contributed by atoms with Crippen molar-refractivity contribution in [3.8, 4) is 0 Å². The molecule has 0 bridgehead atoms. The van der Waals surface area contributed by atoms with Gasteiger partial charge >= 0.3 is 0 Å². The quantitative estimate of drug-likeness (QED) is 0.590. The molecule has 0 unspecified atom stereocenters. The zero-order valence-corrected chi connectivity index (χ0v) is 10.5. The average molecular weight is 279 g/mol. The second kappa shape index (κ2) is 6.75. The number of oxime groups is 1. The largest absolute Gasteiger partial charge is 0.391 e. The monoisotopic (exact) mass is 279 g/mol. The molecule has 2 aromatic rings. The Labute approximate surface area is 114 Å². The lowest BCUT2D eigenvalue weighted by Gasteiger charge is -2.03. The Kier molecular flexibility index (Phi) is 4.76. The maximum absolute atomic E-state index is 12.7. The minimum Gasteiger partial charge on any atom is -0.391 e. The number of hydrogen-bond donors (Lipinski definition) is 0. The summed E-state index contributed by atoms with van der Waals surface area (Å²) in [4.78, 5) is 5.00. The second-order valence-electron chi connectivity index (χ2n) is 4.06. The third-order valence-electron chi connectivity index (χ3n) is 2.64. The predicted molar refractivity (Wildman–Crippen MR) is 70.2 cm³/mol. The molecule has 0 atom stereocenters. The highest BCUT2D eigenvalue weighted by Gasteiger charge is 2.10. The number of hydrogen-bond acceptors (Lipinski definition) is 2. The summed E-state index contributed by atoms with van der Waals surface area (Å²) < 4.78 is 38.1. The Bertz CT molecular complexity index is 582. The van der Waals surface area contributed by atoms with Gasteiger partial charge in [-0.2, -0.15) is 0 Å². The van der Waals surface area contributed by atoms with Crippen LogP contribution in [0.2, 0.25) is 0 Å². The van der Waals surface area contributed by atoms with Crippen molar-refractivity contribution in [1.29, 1.82) is 0 Å². The molecule has 0 fully saturated rings. The first kappa shape index (κ1) is 14.1. The molecule has 0 aliphatic heterocycles. The molecule has 2 rings (SSSR count). The fraction of sp³-hybridized carbons (Fsp3) is 0.133. The number of rotatable bonds is 5. The molecule has 104 valence electrons. The third kappa shape index (κ3) is 3.85. The lowest BCUT2D eigenvalue weighted by atomic mass is 10.1. The number of halogens is 3. The summed E-state index contributed by atoms with van der Waals surface area (Å²) in [6, 6.07) is 11.8. The van der Waals surface area contributed by atoms with Gasteiger partial charge in [0.15, 0.2) is 0 Å². The standard InChI is InChI=1S/C15H12F3NO/c16-13-7-5-11(6-8-13)10-20-19-9-12-3-1-2-4-14(12)15(17)18/h1-9,15H,10H2. The van der Waals surface area contributed by atoms with Crippen LogP contribution in [0.5, 0.6) is 0 Å². The lowest BCUT2D eigenvalue weighted by Crippen LogP contribution is -1.94. The van der Waals surface area contributed by atoms with Gasteiger partial charge < -0.3 is 4.84 Å². The number of nitrogens with zero attached hydrogens (tertiary/aromatic N) is 1. The van der Waals surface area contributed by atoms with E-state index < -0.39 is 6.43 Å². The molecular formula is C15H12F3NO. The third-order valence-corrected chi connectivity index (χ3v) is 2.64. The molecule has 0 aliphatic rings. The molecule has 0 heterocycles. The van der Waals surface area contributed by atoms with Crippen molar-refractivity contribution in [1.82, 2.24) is 0 Å². The molecule has 2 aromatic carbocycles. The van der Waals surface area contributed by atoms with Crippen LogP contribution in [0.3, 0.4) is 0 Å². The van der Waals surface area contributed by atoms with Crippen molar-refractivity contribution in [2.45, 2.75) is 13.0 Å². The fourth-order valence-electron chi connectivity index (χ4n) is 1.61.